The van der Waals surface area contributed by atoms with Gasteiger partial charge in [-0.3, -0.25) is 10.1 Å². The van der Waals surface area contributed by atoms with Gasteiger partial charge in [0.2, 0.25) is 5.91 Å². The molecule has 1 amide bonds. The average molecular weight is 253 g/mol. The third-order valence-corrected chi connectivity index (χ3v) is 4.46. The number of hydrogen-bond acceptors (Lipinski definition) is 3. The van der Waals surface area contributed by atoms with Gasteiger partial charge < -0.3 is 10.6 Å². The molecule has 0 saturated heterocycles. The molecule has 0 heterocycles. The first kappa shape index (κ1) is 13.8. The smallest absolute Gasteiger partial charge is 0.239 e. The predicted octanol–water partition coefficient (Wildman–Crippen LogP) is 1.10. The van der Waals surface area contributed by atoms with Crippen molar-refractivity contribution < 1.29 is 4.79 Å². The van der Waals surface area contributed by atoms with Crippen LogP contribution in [0, 0.1) is 5.92 Å². The van der Waals surface area contributed by atoms with Crippen molar-refractivity contribution in [2.45, 2.75) is 63.6 Å². The summed E-state index contributed by atoms with van der Waals surface area (Å²) < 4.78 is 0. The summed E-state index contributed by atoms with van der Waals surface area (Å²) in [5.74, 6) is 0.254. The van der Waals surface area contributed by atoms with E-state index in [1.165, 1.54) is 19.3 Å². The molecule has 0 radical (unpaired) electrons. The number of nitrogens with two attached hydrogens (primary N) is 1. The monoisotopic (exact) mass is 253 g/mol. The fourth-order valence-electron chi connectivity index (χ4n) is 3.08. The Labute approximate surface area is 110 Å². The molecule has 2 aliphatic rings. The van der Waals surface area contributed by atoms with E-state index in [4.69, 9.17) is 5.73 Å². The van der Waals surface area contributed by atoms with Crippen LogP contribution in [0.25, 0.3) is 0 Å². The van der Waals surface area contributed by atoms with Crippen LogP contribution in [0.5, 0.6) is 0 Å². The van der Waals surface area contributed by atoms with Crippen molar-refractivity contribution in [2.24, 2.45) is 11.7 Å². The van der Waals surface area contributed by atoms with E-state index in [1.807, 2.05) is 0 Å². The lowest BCUT2D eigenvalue weighted by molar-refractivity contribution is -0.127. The summed E-state index contributed by atoms with van der Waals surface area (Å²) in [6.07, 6.45) is 6.09. The number of nitrogens with one attached hydrogen (secondary N) is 1. The van der Waals surface area contributed by atoms with Crippen LogP contribution in [-0.2, 0) is 4.79 Å². The van der Waals surface area contributed by atoms with Gasteiger partial charge >= 0.3 is 0 Å². The number of nitrogens with zero attached hydrogens (tertiary/aromatic N) is 1. The third kappa shape index (κ3) is 2.69. The first-order chi connectivity index (χ1) is 8.45. The number of rotatable bonds is 7. The topological polar surface area (TPSA) is 58.4 Å². The zero-order valence-corrected chi connectivity index (χ0v) is 11.9. The molecule has 2 rings (SSSR count). The number of likely N-dealkylation sites (N-methyl/N-ethyl adjacent to an activating group) is 1. The van der Waals surface area contributed by atoms with Crippen LogP contribution >= 0.6 is 0 Å². The number of carbonyl (C=O) groups is 1. The summed E-state index contributed by atoms with van der Waals surface area (Å²) in [5.41, 5.74) is 5.23. The third-order valence-electron chi connectivity index (χ3n) is 4.46. The Hall–Kier alpha value is -0.610. The van der Waals surface area contributed by atoms with Gasteiger partial charge in [0.05, 0.1) is 0 Å². The maximum Gasteiger partial charge on any atom is 0.239 e. The standard InChI is InChI=1S/C14H27N3O/c1-10(2)16-14(13(15)18,11-7-8-11)9-17(3)12-5-4-6-12/h10-12,16H,4-9H2,1-3H3,(H2,15,18). The molecule has 18 heavy (non-hydrogen) atoms. The first-order valence-corrected chi connectivity index (χ1v) is 7.23. The zero-order valence-electron chi connectivity index (χ0n) is 11.9. The van der Waals surface area contributed by atoms with Crippen molar-refractivity contribution in [3.8, 4) is 0 Å². The lowest BCUT2D eigenvalue weighted by Gasteiger charge is -2.42. The van der Waals surface area contributed by atoms with Gasteiger partial charge in [0, 0.05) is 18.6 Å². The van der Waals surface area contributed by atoms with Gasteiger partial charge in [-0.05, 0) is 52.5 Å². The van der Waals surface area contributed by atoms with Crippen molar-refractivity contribution >= 4 is 5.91 Å². The van der Waals surface area contributed by atoms with E-state index in [0.717, 1.165) is 19.4 Å². The highest BCUT2D eigenvalue weighted by atomic mass is 16.1. The van der Waals surface area contributed by atoms with Gasteiger partial charge in [-0.2, -0.15) is 0 Å². The molecule has 0 bridgehead atoms. The lowest BCUT2D eigenvalue weighted by atomic mass is 9.86. The number of primary amides is 1. The second-order valence-corrected chi connectivity index (χ2v) is 6.41. The van der Waals surface area contributed by atoms with Crippen molar-refractivity contribution in [2.75, 3.05) is 13.6 Å². The zero-order chi connectivity index (χ0) is 13.3. The second kappa shape index (κ2) is 5.17. The molecule has 2 saturated carbocycles. The van der Waals surface area contributed by atoms with Crippen LogP contribution in [0.3, 0.4) is 0 Å². The first-order valence-electron chi connectivity index (χ1n) is 7.23. The SMILES string of the molecule is CC(C)NC(CN(C)C1CCC1)(C(N)=O)C1CC1. The Morgan fingerprint density at radius 2 is 2.00 bits per heavy atom. The highest BCUT2D eigenvalue weighted by molar-refractivity contribution is 5.86. The number of carbonyl (C=O) groups excluding carboxylic acids is 1. The number of amides is 1. The van der Waals surface area contributed by atoms with Crippen LogP contribution in [0.4, 0.5) is 0 Å². The Balaban J connectivity index is 2.08. The van der Waals surface area contributed by atoms with Crippen molar-refractivity contribution in [3.05, 3.63) is 0 Å². The molecular weight excluding hydrogens is 226 g/mol. The minimum absolute atomic E-state index is 0.176. The summed E-state index contributed by atoms with van der Waals surface area (Å²) in [6.45, 7) is 4.93. The van der Waals surface area contributed by atoms with Crippen LogP contribution in [0.2, 0.25) is 0 Å². The minimum atomic E-state index is -0.515. The van der Waals surface area contributed by atoms with Crippen molar-refractivity contribution in [1.82, 2.24) is 10.2 Å². The average Bonchev–Trinajstić information content (AvgIpc) is 2.94. The van der Waals surface area contributed by atoms with Gasteiger partial charge in [-0.15, -0.1) is 0 Å². The van der Waals surface area contributed by atoms with E-state index in [1.54, 1.807) is 0 Å². The van der Waals surface area contributed by atoms with Crippen molar-refractivity contribution in [1.29, 1.82) is 0 Å². The fraction of sp³-hybridized carbons (Fsp3) is 0.929. The molecule has 104 valence electrons. The summed E-state index contributed by atoms with van der Waals surface area (Å²) in [4.78, 5) is 14.4. The van der Waals surface area contributed by atoms with Crippen molar-refractivity contribution in [3.63, 3.8) is 0 Å². The van der Waals surface area contributed by atoms with Gasteiger partial charge in [-0.25, -0.2) is 0 Å². The van der Waals surface area contributed by atoms with Gasteiger partial charge in [0.1, 0.15) is 5.54 Å². The van der Waals surface area contributed by atoms with Gasteiger partial charge in [0.15, 0.2) is 0 Å². The Morgan fingerprint density at radius 3 is 2.33 bits per heavy atom. The molecule has 3 N–H and O–H groups in total. The summed E-state index contributed by atoms with van der Waals surface area (Å²) >= 11 is 0. The molecule has 0 aromatic heterocycles. The van der Waals surface area contributed by atoms with E-state index in [-0.39, 0.29) is 11.9 Å². The second-order valence-electron chi connectivity index (χ2n) is 6.41. The largest absolute Gasteiger partial charge is 0.368 e. The minimum Gasteiger partial charge on any atom is -0.368 e. The molecule has 1 unspecified atom stereocenters. The molecule has 0 aromatic carbocycles. The van der Waals surface area contributed by atoms with Crippen LogP contribution in [0.1, 0.15) is 46.0 Å². The van der Waals surface area contributed by atoms with Crippen LogP contribution in [-0.4, -0.2) is 42.0 Å². The molecule has 0 aromatic rings. The summed E-state index contributed by atoms with van der Waals surface area (Å²) in [6, 6.07) is 0.935. The summed E-state index contributed by atoms with van der Waals surface area (Å²) in [5, 5.41) is 3.47. The lowest BCUT2D eigenvalue weighted by Crippen LogP contribution is -2.65. The molecule has 0 spiro atoms. The highest BCUT2D eigenvalue weighted by Gasteiger charge is 2.51. The van der Waals surface area contributed by atoms with Crippen LogP contribution < -0.4 is 11.1 Å². The predicted molar refractivity (Wildman–Crippen MR) is 73.2 cm³/mol. The van der Waals surface area contributed by atoms with E-state index < -0.39 is 5.54 Å². The Morgan fingerprint density at radius 1 is 1.39 bits per heavy atom. The van der Waals surface area contributed by atoms with Gasteiger partial charge in [0.25, 0.3) is 0 Å². The quantitative estimate of drug-likeness (QED) is 0.714. The normalized spacial score (nSPS) is 24.1. The highest BCUT2D eigenvalue weighted by Crippen LogP contribution is 2.41. The summed E-state index contributed by atoms with van der Waals surface area (Å²) in [7, 11) is 2.13. The molecule has 0 aliphatic heterocycles. The maximum absolute atomic E-state index is 12.0. The molecule has 2 fully saturated rings. The fourth-order valence-corrected chi connectivity index (χ4v) is 3.08. The molecular formula is C14H27N3O. The Bertz CT molecular complexity index is 310. The van der Waals surface area contributed by atoms with E-state index in [9.17, 15) is 4.79 Å². The molecule has 1 atom stereocenters. The Kier molecular flexibility index (Phi) is 3.97. The number of hydrogen-bond donors (Lipinski definition) is 2. The van der Waals surface area contributed by atoms with E-state index in [2.05, 4.69) is 31.1 Å². The molecule has 4 heteroatoms. The van der Waals surface area contributed by atoms with E-state index >= 15 is 0 Å². The van der Waals surface area contributed by atoms with E-state index in [0.29, 0.717) is 12.0 Å². The maximum atomic E-state index is 12.0. The van der Waals surface area contributed by atoms with Crippen LogP contribution in [0.15, 0.2) is 0 Å². The van der Waals surface area contributed by atoms with Gasteiger partial charge in [-0.1, -0.05) is 6.42 Å². The molecule has 2 aliphatic carbocycles. The molecule has 4 nitrogen and oxygen atoms in total.